The minimum Gasteiger partial charge on any atom is -0.322 e. The van der Waals surface area contributed by atoms with Crippen LogP contribution in [0.1, 0.15) is 41.3 Å². The lowest BCUT2D eigenvalue weighted by atomic mass is 10.0. The van der Waals surface area contributed by atoms with Crippen LogP contribution in [-0.2, 0) is 10.0 Å². The van der Waals surface area contributed by atoms with Crippen LogP contribution >= 0.6 is 0 Å². The number of piperidine rings is 1. The molecule has 0 spiro atoms. The van der Waals surface area contributed by atoms with E-state index in [1.54, 1.807) is 18.2 Å². The van der Waals surface area contributed by atoms with E-state index in [1.807, 2.05) is 32.0 Å². The number of hydrogen-bond donors (Lipinski definition) is 1. The summed E-state index contributed by atoms with van der Waals surface area (Å²) < 4.78 is 27.4. The zero-order valence-electron chi connectivity index (χ0n) is 16.0. The van der Waals surface area contributed by atoms with E-state index in [1.165, 1.54) is 10.4 Å². The summed E-state index contributed by atoms with van der Waals surface area (Å²) in [5.41, 5.74) is 3.15. The van der Waals surface area contributed by atoms with Gasteiger partial charge < -0.3 is 5.32 Å². The largest absolute Gasteiger partial charge is 0.322 e. The van der Waals surface area contributed by atoms with Crippen molar-refractivity contribution < 1.29 is 13.2 Å². The summed E-state index contributed by atoms with van der Waals surface area (Å²) in [5, 5.41) is 2.89. The number of amides is 1. The molecule has 0 aliphatic carbocycles. The van der Waals surface area contributed by atoms with Crippen molar-refractivity contribution in [3.8, 4) is 0 Å². The Labute approximate surface area is 161 Å². The molecule has 1 fully saturated rings. The van der Waals surface area contributed by atoms with Crippen LogP contribution in [0.4, 0.5) is 5.69 Å². The Balaban J connectivity index is 1.84. The van der Waals surface area contributed by atoms with E-state index >= 15 is 0 Å². The molecule has 0 saturated carbocycles. The van der Waals surface area contributed by atoms with E-state index in [9.17, 15) is 13.2 Å². The van der Waals surface area contributed by atoms with Crippen molar-refractivity contribution in [3.05, 3.63) is 59.2 Å². The second-order valence-corrected chi connectivity index (χ2v) is 9.28. The molecule has 0 radical (unpaired) electrons. The molecule has 1 atom stereocenters. The number of carbonyl (C=O) groups is 1. The van der Waals surface area contributed by atoms with Crippen LogP contribution < -0.4 is 5.32 Å². The number of sulfonamides is 1. The highest BCUT2D eigenvalue weighted by Gasteiger charge is 2.29. The third-order valence-electron chi connectivity index (χ3n) is 5.21. The predicted molar refractivity (Wildman–Crippen MR) is 107 cm³/mol. The van der Waals surface area contributed by atoms with E-state index in [4.69, 9.17) is 0 Å². The van der Waals surface area contributed by atoms with Gasteiger partial charge in [-0.25, -0.2) is 8.42 Å². The smallest absolute Gasteiger partial charge is 0.255 e. The zero-order valence-corrected chi connectivity index (χ0v) is 16.8. The Kier molecular flexibility index (Phi) is 5.67. The number of nitrogens with one attached hydrogen (secondary N) is 1. The quantitative estimate of drug-likeness (QED) is 0.864. The van der Waals surface area contributed by atoms with Gasteiger partial charge in [0.05, 0.1) is 4.90 Å². The molecule has 6 heteroatoms. The minimum atomic E-state index is -3.59. The average molecular weight is 387 g/mol. The topological polar surface area (TPSA) is 66.5 Å². The maximum absolute atomic E-state index is 13.0. The van der Waals surface area contributed by atoms with Crippen LogP contribution in [0, 0.1) is 19.8 Å². The zero-order chi connectivity index (χ0) is 19.6. The molecule has 0 aromatic heterocycles. The van der Waals surface area contributed by atoms with Gasteiger partial charge in [0, 0.05) is 24.3 Å². The summed E-state index contributed by atoms with van der Waals surface area (Å²) in [6, 6.07) is 12.0. The lowest BCUT2D eigenvalue weighted by Gasteiger charge is -2.30. The molecule has 2 aromatic carbocycles. The Bertz CT molecular complexity index is 954. The molecule has 144 valence electrons. The van der Waals surface area contributed by atoms with E-state index in [-0.39, 0.29) is 10.8 Å². The lowest BCUT2D eigenvalue weighted by molar-refractivity contribution is 0.102. The van der Waals surface area contributed by atoms with Gasteiger partial charge in [-0.1, -0.05) is 25.1 Å². The second-order valence-electron chi connectivity index (χ2n) is 7.34. The second kappa shape index (κ2) is 7.82. The standard InChI is InChI=1S/C21H26N2O3S/c1-15-7-6-12-23(14-15)27(25,26)19-10-5-9-18(13-19)21(24)22-20-11-4-8-16(2)17(20)3/h4-5,8-11,13,15H,6-7,12,14H2,1-3H3,(H,22,24). The van der Waals surface area contributed by atoms with Crippen molar-refractivity contribution in [1.82, 2.24) is 4.31 Å². The summed E-state index contributed by atoms with van der Waals surface area (Å²) in [6.07, 6.45) is 1.91. The number of benzene rings is 2. The van der Waals surface area contributed by atoms with Crippen molar-refractivity contribution in [2.75, 3.05) is 18.4 Å². The monoisotopic (exact) mass is 386 g/mol. The molecule has 5 nitrogen and oxygen atoms in total. The van der Waals surface area contributed by atoms with Crippen molar-refractivity contribution in [2.45, 2.75) is 38.5 Å². The number of nitrogens with zero attached hydrogens (tertiary/aromatic N) is 1. The molecular weight excluding hydrogens is 360 g/mol. The molecule has 1 unspecified atom stereocenters. The van der Waals surface area contributed by atoms with Gasteiger partial charge in [0.15, 0.2) is 0 Å². The lowest BCUT2D eigenvalue weighted by Crippen LogP contribution is -2.39. The predicted octanol–water partition coefficient (Wildman–Crippen LogP) is 3.98. The Morgan fingerprint density at radius 3 is 2.63 bits per heavy atom. The molecule has 1 heterocycles. The highest BCUT2D eigenvalue weighted by atomic mass is 32.2. The summed E-state index contributed by atoms with van der Waals surface area (Å²) in [4.78, 5) is 12.8. The molecule has 0 bridgehead atoms. The van der Waals surface area contributed by atoms with Crippen LogP contribution in [0.2, 0.25) is 0 Å². The normalized spacial score (nSPS) is 18.3. The first kappa shape index (κ1) is 19.6. The Morgan fingerprint density at radius 1 is 1.15 bits per heavy atom. The molecule has 1 N–H and O–H groups in total. The summed E-state index contributed by atoms with van der Waals surface area (Å²) in [6.45, 7) is 7.06. The van der Waals surface area contributed by atoms with E-state index < -0.39 is 10.0 Å². The number of hydrogen-bond acceptors (Lipinski definition) is 3. The molecule has 1 aliphatic rings. The first-order valence-corrected chi connectivity index (χ1v) is 10.7. The fourth-order valence-electron chi connectivity index (χ4n) is 3.39. The molecule has 1 amide bonds. The van der Waals surface area contributed by atoms with Crippen molar-refractivity contribution >= 4 is 21.6 Å². The highest BCUT2D eigenvalue weighted by Crippen LogP contribution is 2.24. The average Bonchev–Trinajstić information content (AvgIpc) is 2.65. The first-order chi connectivity index (χ1) is 12.8. The van der Waals surface area contributed by atoms with Crippen LogP contribution in [0.5, 0.6) is 0 Å². The van der Waals surface area contributed by atoms with E-state index in [0.717, 1.165) is 29.7 Å². The van der Waals surface area contributed by atoms with Crippen LogP contribution in [-0.4, -0.2) is 31.7 Å². The molecule has 1 aliphatic heterocycles. The number of carbonyl (C=O) groups excluding carboxylic acids is 1. The van der Waals surface area contributed by atoms with Gasteiger partial charge in [0.25, 0.3) is 5.91 Å². The van der Waals surface area contributed by atoms with Crippen molar-refractivity contribution in [2.24, 2.45) is 5.92 Å². The van der Waals surface area contributed by atoms with Crippen LogP contribution in [0.25, 0.3) is 0 Å². The number of aryl methyl sites for hydroxylation is 1. The number of anilines is 1. The fraction of sp³-hybridized carbons (Fsp3) is 0.381. The third kappa shape index (κ3) is 4.22. The summed E-state index contributed by atoms with van der Waals surface area (Å²) >= 11 is 0. The highest BCUT2D eigenvalue weighted by molar-refractivity contribution is 7.89. The Hall–Kier alpha value is -2.18. The van der Waals surface area contributed by atoms with E-state index in [2.05, 4.69) is 12.2 Å². The van der Waals surface area contributed by atoms with E-state index in [0.29, 0.717) is 24.6 Å². The molecule has 27 heavy (non-hydrogen) atoms. The summed E-state index contributed by atoms with van der Waals surface area (Å²) in [7, 11) is -3.59. The van der Waals surface area contributed by atoms with Gasteiger partial charge in [-0.3, -0.25) is 4.79 Å². The SMILES string of the molecule is Cc1cccc(NC(=O)c2cccc(S(=O)(=O)N3CCCC(C)C3)c2)c1C. The fourth-order valence-corrected chi connectivity index (χ4v) is 5.04. The maximum Gasteiger partial charge on any atom is 0.255 e. The van der Waals surface area contributed by atoms with Gasteiger partial charge in [0.2, 0.25) is 10.0 Å². The van der Waals surface area contributed by atoms with Gasteiger partial charge in [-0.15, -0.1) is 0 Å². The number of rotatable bonds is 4. The maximum atomic E-state index is 13.0. The molecule has 2 aromatic rings. The van der Waals surface area contributed by atoms with Crippen molar-refractivity contribution in [3.63, 3.8) is 0 Å². The third-order valence-corrected chi connectivity index (χ3v) is 7.07. The van der Waals surface area contributed by atoms with Crippen LogP contribution in [0.3, 0.4) is 0 Å². The Morgan fingerprint density at radius 2 is 1.89 bits per heavy atom. The molecular formula is C21H26N2O3S. The molecule has 1 saturated heterocycles. The summed E-state index contributed by atoms with van der Waals surface area (Å²) in [5.74, 6) is 0.0389. The van der Waals surface area contributed by atoms with Crippen LogP contribution in [0.15, 0.2) is 47.4 Å². The van der Waals surface area contributed by atoms with Gasteiger partial charge in [-0.2, -0.15) is 4.31 Å². The van der Waals surface area contributed by atoms with Gasteiger partial charge in [0.1, 0.15) is 0 Å². The van der Waals surface area contributed by atoms with Crippen molar-refractivity contribution in [1.29, 1.82) is 0 Å². The van der Waals surface area contributed by atoms with Gasteiger partial charge in [-0.05, 0) is 68.0 Å². The van der Waals surface area contributed by atoms with Gasteiger partial charge >= 0.3 is 0 Å². The molecule has 3 rings (SSSR count). The first-order valence-electron chi connectivity index (χ1n) is 9.27. The minimum absolute atomic E-state index is 0.171.